The van der Waals surface area contributed by atoms with E-state index >= 15 is 0 Å². The lowest BCUT2D eigenvalue weighted by Crippen LogP contribution is -2.40. The van der Waals surface area contributed by atoms with Crippen LogP contribution in [0.5, 0.6) is 0 Å². The second-order valence-corrected chi connectivity index (χ2v) is 10.3. The molecule has 9 nitrogen and oxygen atoms in total. The number of nitrogens with one attached hydrogen (secondary N) is 3. The molecule has 0 bridgehead atoms. The van der Waals surface area contributed by atoms with Crippen LogP contribution in [0.25, 0.3) is 22.4 Å². The van der Waals surface area contributed by atoms with E-state index in [0.717, 1.165) is 25.9 Å². The van der Waals surface area contributed by atoms with E-state index in [4.69, 9.17) is 0 Å². The molecule has 0 saturated carbocycles. The Morgan fingerprint density at radius 2 is 1.93 bits per heavy atom. The topological polar surface area (TPSA) is 114 Å². The highest BCUT2D eigenvalue weighted by Gasteiger charge is 2.23. The number of carbonyl (C=O) groups is 2. The molecule has 10 heteroatoms. The van der Waals surface area contributed by atoms with Gasteiger partial charge in [0.25, 0.3) is 11.5 Å². The van der Waals surface area contributed by atoms with Crippen LogP contribution in [0, 0.1) is 5.82 Å². The van der Waals surface area contributed by atoms with Gasteiger partial charge in [0.2, 0.25) is 5.91 Å². The van der Waals surface area contributed by atoms with Crippen LogP contribution in [-0.2, 0) is 11.2 Å². The second kappa shape index (κ2) is 11.8. The molecule has 1 aliphatic heterocycles. The van der Waals surface area contributed by atoms with Crippen LogP contribution in [0.15, 0.2) is 59.5 Å². The maximum atomic E-state index is 14.2. The van der Waals surface area contributed by atoms with Crippen LogP contribution in [0.2, 0.25) is 0 Å². The van der Waals surface area contributed by atoms with E-state index in [-0.39, 0.29) is 29.2 Å². The number of pyridine rings is 1. The van der Waals surface area contributed by atoms with Gasteiger partial charge in [-0.15, -0.1) is 0 Å². The van der Waals surface area contributed by atoms with Crippen molar-refractivity contribution in [3.8, 4) is 11.4 Å². The number of imide groups is 1. The first-order chi connectivity index (χ1) is 19.3. The zero-order valence-electron chi connectivity index (χ0n) is 22.7. The minimum Gasteiger partial charge on any atom is -0.381 e. The summed E-state index contributed by atoms with van der Waals surface area (Å²) in [5.41, 5.74) is 2.59. The highest BCUT2D eigenvalue weighted by atomic mass is 19.1. The minimum absolute atomic E-state index is 0.177. The number of benzene rings is 2. The first-order valence-corrected chi connectivity index (χ1v) is 13.6. The van der Waals surface area contributed by atoms with Crippen molar-refractivity contribution in [3.05, 3.63) is 82.0 Å². The monoisotopic (exact) mass is 544 g/mol. The quantitative estimate of drug-likeness (QED) is 0.291. The van der Waals surface area contributed by atoms with E-state index in [9.17, 15) is 18.8 Å². The average Bonchev–Trinajstić information content (AvgIpc) is 3.59. The van der Waals surface area contributed by atoms with Crippen LogP contribution >= 0.6 is 0 Å². The fraction of sp³-hybridized carbons (Fsp3) is 0.333. The Kier molecular flexibility index (Phi) is 8.06. The normalized spacial score (nSPS) is 14.4. The van der Waals surface area contributed by atoms with Gasteiger partial charge in [-0.2, -0.15) is 0 Å². The van der Waals surface area contributed by atoms with Crippen LogP contribution < -0.4 is 10.9 Å². The van der Waals surface area contributed by atoms with Gasteiger partial charge in [0.05, 0.1) is 16.7 Å². The first-order valence-electron chi connectivity index (χ1n) is 13.6. The fourth-order valence-electron chi connectivity index (χ4n) is 5.21. The molecule has 0 radical (unpaired) electrons. The number of likely N-dealkylation sites (tertiary alicyclic amines) is 1. The van der Waals surface area contributed by atoms with Crippen molar-refractivity contribution < 1.29 is 14.0 Å². The molecule has 40 heavy (non-hydrogen) atoms. The Hall–Kier alpha value is -4.31. The van der Waals surface area contributed by atoms with Gasteiger partial charge in [0, 0.05) is 37.8 Å². The lowest BCUT2D eigenvalue weighted by molar-refractivity contribution is -0.126. The van der Waals surface area contributed by atoms with Gasteiger partial charge in [-0.25, -0.2) is 9.37 Å². The molecule has 1 atom stereocenters. The summed E-state index contributed by atoms with van der Waals surface area (Å²) in [7, 11) is 0. The number of amides is 2. The van der Waals surface area contributed by atoms with Crippen LogP contribution in [0.1, 0.15) is 42.6 Å². The summed E-state index contributed by atoms with van der Waals surface area (Å²) in [6, 6.07) is 13.2. The smallest absolute Gasteiger partial charge is 0.261 e. The molecular weight excluding hydrogens is 511 g/mol. The van der Waals surface area contributed by atoms with Crippen LogP contribution in [-0.4, -0.2) is 68.8 Å². The second-order valence-electron chi connectivity index (χ2n) is 10.3. The predicted octanol–water partition coefficient (Wildman–Crippen LogP) is 4.18. The maximum Gasteiger partial charge on any atom is 0.261 e. The molecule has 1 aliphatic rings. The standard InChI is InChI=1S/C30H33FN6O3/c1-19(17-21-7-3-4-8-23(21)31)33-25-11-12-32-29(39)27(25)28-34-24-10-9-22(18-26(24)35-28)30(40)37(20(2)38)16-15-36-13-5-6-14-36/h3-4,7-12,18-19H,5-6,13-17H2,1-2H3,(H,34,35)(H2,32,33,39). The molecule has 3 heterocycles. The van der Waals surface area contributed by atoms with E-state index in [1.165, 1.54) is 17.9 Å². The van der Waals surface area contributed by atoms with Crippen molar-refractivity contribution >= 4 is 28.5 Å². The summed E-state index contributed by atoms with van der Waals surface area (Å²) in [6.07, 6.45) is 4.24. The maximum absolute atomic E-state index is 14.2. The zero-order chi connectivity index (χ0) is 28.2. The van der Waals surface area contributed by atoms with Crippen LogP contribution in [0.4, 0.5) is 10.1 Å². The summed E-state index contributed by atoms with van der Waals surface area (Å²) in [4.78, 5) is 52.5. The number of imidazole rings is 1. The van der Waals surface area contributed by atoms with Crippen molar-refractivity contribution in [2.45, 2.75) is 39.2 Å². The van der Waals surface area contributed by atoms with Gasteiger partial charge in [0.1, 0.15) is 17.2 Å². The number of nitrogens with zero attached hydrogens (tertiary/aromatic N) is 3. The third-order valence-electron chi connectivity index (χ3n) is 7.28. The average molecular weight is 545 g/mol. The number of anilines is 1. The SMILES string of the molecule is CC(=O)N(CCN1CCCC1)C(=O)c1ccc2nc(-c3c(NC(C)Cc4ccccc4F)cc[nH]c3=O)[nH]c2c1. The summed E-state index contributed by atoms with van der Waals surface area (Å²) >= 11 is 0. The van der Waals surface area contributed by atoms with Crippen molar-refractivity contribution in [2.75, 3.05) is 31.5 Å². The molecule has 1 unspecified atom stereocenters. The molecule has 4 aromatic rings. The Morgan fingerprint density at radius 3 is 2.67 bits per heavy atom. The molecule has 0 spiro atoms. The lowest BCUT2D eigenvalue weighted by atomic mass is 10.1. The number of hydrogen-bond acceptors (Lipinski definition) is 6. The molecule has 2 aromatic heterocycles. The van der Waals surface area contributed by atoms with Gasteiger partial charge in [-0.1, -0.05) is 18.2 Å². The summed E-state index contributed by atoms with van der Waals surface area (Å²) in [5.74, 6) is -0.610. The molecule has 5 rings (SSSR count). The van der Waals surface area contributed by atoms with Gasteiger partial charge < -0.3 is 20.2 Å². The molecule has 2 amide bonds. The van der Waals surface area contributed by atoms with Crippen molar-refractivity contribution in [3.63, 3.8) is 0 Å². The number of hydrogen-bond donors (Lipinski definition) is 3. The third-order valence-corrected chi connectivity index (χ3v) is 7.28. The number of H-pyrrole nitrogens is 2. The summed E-state index contributed by atoms with van der Waals surface area (Å²) in [6.45, 7) is 6.28. The number of fused-ring (bicyclic) bond motifs is 1. The van der Waals surface area contributed by atoms with Crippen molar-refractivity contribution in [2.24, 2.45) is 0 Å². The molecule has 3 N–H and O–H groups in total. The van der Waals surface area contributed by atoms with E-state index in [0.29, 0.717) is 58.7 Å². The molecule has 1 saturated heterocycles. The van der Waals surface area contributed by atoms with E-state index in [1.807, 2.05) is 6.92 Å². The largest absolute Gasteiger partial charge is 0.381 e. The highest BCUT2D eigenvalue weighted by molar-refractivity contribution is 6.05. The third kappa shape index (κ3) is 5.96. The lowest BCUT2D eigenvalue weighted by Gasteiger charge is -2.22. The van der Waals surface area contributed by atoms with Gasteiger partial charge >= 0.3 is 0 Å². The number of carbonyl (C=O) groups excluding carboxylic acids is 2. The fourth-order valence-corrected chi connectivity index (χ4v) is 5.21. The predicted molar refractivity (Wildman–Crippen MR) is 153 cm³/mol. The molecular formula is C30H33FN6O3. The Morgan fingerprint density at radius 1 is 1.15 bits per heavy atom. The van der Waals surface area contributed by atoms with Crippen LogP contribution in [0.3, 0.4) is 0 Å². The van der Waals surface area contributed by atoms with E-state index in [1.54, 1.807) is 48.7 Å². The van der Waals surface area contributed by atoms with Gasteiger partial charge in [-0.3, -0.25) is 19.3 Å². The Labute approximate surface area is 231 Å². The molecule has 0 aliphatic carbocycles. The van der Waals surface area contributed by atoms with Crippen molar-refractivity contribution in [1.29, 1.82) is 0 Å². The van der Waals surface area contributed by atoms with Gasteiger partial charge in [-0.05, 0) is 75.2 Å². The first kappa shape index (κ1) is 27.3. The number of aromatic amines is 2. The molecule has 1 fully saturated rings. The van der Waals surface area contributed by atoms with Gasteiger partial charge in [0.15, 0.2) is 0 Å². The summed E-state index contributed by atoms with van der Waals surface area (Å²) < 4.78 is 14.2. The zero-order valence-corrected chi connectivity index (χ0v) is 22.7. The number of halogens is 1. The van der Waals surface area contributed by atoms with E-state index in [2.05, 4.69) is 25.2 Å². The molecule has 208 valence electrons. The number of rotatable bonds is 9. The Bertz CT molecular complexity index is 1590. The highest BCUT2D eigenvalue weighted by Crippen LogP contribution is 2.26. The summed E-state index contributed by atoms with van der Waals surface area (Å²) in [5, 5.41) is 3.32. The Balaban J connectivity index is 1.38. The minimum atomic E-state index is -0.369. The van der Waals surface area contributed by atoms with Crippen molar-refractivity contribution in [1.82, 2.24) is 24.8 Å². The van der Waals surface area contributed by atoms with E-state index < -0.39 is 0 Å². The number of aromatic nitrogens is 3. The molecule has 2 aromatic carbocycles.